The Bertz CT molecular complexity index is 297. The molecule has 0 aliphatic carbocycles. The van der Waals surface area contributed by atoms with E-state index in [0.29, 0.717) is 12.8 Å². The van der Waals surface area contributed by atoms with E-state index < -0.39 is 0 Å². The molecule has 68 valence electrons. The first-order valence-electron chi connectivity index (χ1n) is 4.33. The highest BCUT2D eigenvalue weighted by atomic mass is 16.1. The molecule has 0 radical (unpaired) electrons. The predicted octanol–water partition coefficient (Wildman–Crippen LogP) is 0.517. The summed E-state index contributed by atoms with van der Waals surface area (Å²) in [5, 5.41) is 0. The van der Waals surface area contributed by atoms with Crippen LogP contribution < -0.4 is 4.99 Å². The van der Waals surface area contributed by atoms with Gasteiger partial charge in [0.2, 0.25) is 0 Å². The maximum atomic E-state index is 11.2. The molecule has 0 fully saturated rings. The second-order valence-corrected chi connectivity index (χ2v) is 3.03. The fourth-order valence-electron chi connectivity index (χ4n) is 1.33. The first-order valence-corrected chi connectivity index (χ1v) is 4.33. The molecule has 1 aliphatic rings. The lowest BCUT2D eigenvalue weighted by Gasteiger charge is -2.02. The van der Waals surface area contributed by atoms with Crippen molar-refractivity contribution in [2.75, 3.05) is 0 Å². The molecule has 0 unspecified atom stereocenters. The van der Waals surface area contributed by atoms with Crippen LogP contribution in [-0.4, -0.2) is 11.5 Å². The average molecular weight is 176 g/mol. The number of rotatable bonds is 4. The van der Waals surface area contributed by atoms with Crippen LogP contribution in [0.1, 0.15) is 19.3 Å². The summed E-state index contributed by atoms with van der Waals surface area (Å²) in [5.74, 6) is 0.160. The summed E-state index contributed by atoms with van der Waals surface area (Å²) in [6, 6.07) is 0. The number of nitrogens with one attached hydrogen (secondary N) is 1. The van der Waals surface area contributed by atoms with Crippen LogP contribution in [0.15, 0.2) is 37.1 Å². The van der Waals surface area contributed by atoms with Gasteiger partial charge in [-0.1, -0.05) is 12.2 Å². The summed E-state index contributed by atoms with van der Waals surface area (Å²) in [4.78, 5) is 14.4. The van der Waals surface area contributed by atoms with Crippen LogP contribution in [0.5, 0.6) is 0 Å². The van der Waals surface area contributed by atoms with Gasteiger partial charge in [-0.05, 0) is 0 Å². The van der Waals surface area contributed by atoms with Gasteiger partial charge in [0, 0.05) is 12.5 Å². The number of hydrogen-bond acceptors (Lipinski definition) is 1. The van der Waals surface area contributed by atoms with E-state index in [-0.39, 0.29) is 5.78 Å². The molecule has 0 spiro atoms. The van der Waals surface area contributed by atoms with Crippen molar-refractivity contribution in [1.82, 2.24) is 0 Å². The molecule has 0 atom stereocenters. The van der Waals surface area contributed by atoms with Crippen LogP contribution >= 0.6 is 0 Å². The first-order chi connectivity index (χ1) is 6.26. The minimum atomic E-state index is 0.160. The van der Waals surface area contributed by atoms with Gasteiger partial charge in [-0.15, -0.1) is 13.2 Å². The molecule has 0 aromatic rings. The van der Waals surface area contributed by atoms with Crippen LogP contribution in [0.4, 0.5) is 0 Å². The molecule has 0 amide bonds. The van der Waals surface area contributed by atoms with Crippen molar-refractivity contribution in [3.05, 3.63) is 37.1 Å². The molecule has 0 saturated carbocycles. The Kier molecular flexibility index (Phi) is 3.38. The van der Waals surface area contributed by atoms with E-state index in [4.69, 9.17) is 0 Å². The van der Waals surface area contributed by atoms with Gasteiger partial charge >= 0.3 is 0 Å². The number of hydrogen-bond donors (Lipinski definition) is 1. The Hall–Kier alpha value is -1.44. The smallest absolute Gasteiger partial charge is 0.186 e. The van der Waals surface area contributed by atoms with Crippen molar-refractivity contribution in [2.24, 2.45) is 0 Å². The van der Waals surface area contributed by atoms with E-state index in [1.165, 1.54) is 0 Å². The molecule has 2 nitrogen and oxygen atoms in total. The third-order valence-electron chi connectivity index (χ3n) is 1.82. The van der Waals surface area contributed by atoms with E-state index in [2.05, 4.69) is 18.2 Å². The van der Waals surface area contributed by atoms with Crippen molar-refractivity contribution >= 4 is 11.5 Å². The van der Waals surface area contributed by atoms with Crippen molar-refractivity contribution in [2.45, 2.75) is 19.3 Å². The fourth-order valence-corrected chi connectivity index (χ4v) is 1.33. The standard InChI is InChI=1S/C11H13NO/c1-3-5-9-7-11(13)8-10(12-9)6-4-2/h3-4,7H,1-2,5-6,8H2/p+1. The number of allylic oxidation sites excluding steroid dienone is 3. The molecule has 1 rings (SSSR count). The topological polar surface area (TPSA) is 31.0 Å². The minimum absolute atomic E-state index is 0.160. The zero-order valence-corrected chi connectivity index (χ0v) is 7.68. The average Bonchev–Trinajstić information content (AvgIpc) is 2.04. The fraction of sp³-hybridized carbons (Fsp3) is 0.273. The second kappa shape index (κ2) is 4.55. The van der Waals surface area contributed by atoms with Crippen molar-refractivity contribution < 1.29 is 9.79 Å². The van der Waals surface area contributed by atoms with Crippen LogP contribution in [0.25, 0.3) is 0 Å². The summed E-state index contributed by atoms with van der Waals surface area (Å²) in [5.41, 5.74) is 1.96. The molecule has 0 bridgehead atoms. The van der Waals surface area contributed by atoms with Gasteiger partial charge in [0.15, 0.2) is 17.2 Å². The number of carbonyl (C=O) groups excluding carboxylic acids is 1. The van der Waals surface area contributed by atoms with Crippen LogP contribution in [0, 0.1) is 0 Å². The Labute approximate surface area is 78.4 Å². The summed E-state index contributed by atoms with van der Waals surface area (Å²) in [6.45, 7) is 7.27. The van der Waals surface area contributed by atoms with Gasteiger partial charge in [-0.3, -0.25) is 4.79 Å². The predicted molar refractivity (Wildman–Crippen MR) is 53.3 cm³/mol. The van der Waals surface area contributed by atoms with Gasteiger partial charge in [0.25, 0.3) is 0 Å². The largest absolute Gasteiger partial charge is 0.294 e. The minimum Gasteiger partial charge on any atom is -0.294 e. The SMILES string of the molecule is C=CCC1=CC(=O)CC(CC=C)=[NH+]1. The highest BCUT2D eigenvalue weighted by Gasteiger charge is 2.17. The summed E-state index contributed by atoms with van der Waals surface area (Å²) in [6.07, 6.45) is 7.18. The second-order valence-electron chi connectivity index (χ2n) is 3.03. The lowest BCUT2D eigenvalue weighted by Crippen LogP contribution is -2.72. The maximum absolute atomic E-state index is 11.2. The van der Waals surface area contributed by atoms with Crippen molar-refractivity contribution in [3.8, 4) is 0 Å². The van der Waals surface area contributed by atoms with Crippen LogP contribution in [0.2, 0.25) is 0 Å². The lowest BCUT2D eigenvalue weighted by molar-refractivity contribution is -0.403. The first kappa shape index (κ1) is 9.65. The Balaban J connectivity index is 2.77. The van der Waals surface area contributed by atoms with Gasteiger partial charge in [0.1, 0.15) is 0 Å². The molecular formula is C11H14NO+. The van der Waals surface area contributed by atoms with Gasteiger partial charge in [-0.2, -0.15) is 0 Å². The molecule has 0 aromatic carbocycles. The van der Waals surface area contributed by atoms with Gasteiger partial charge in [0.05, 0.1) is 12.8 Å². The molecule has 13 heavy (non-hydrogen) atoms. The molecule has 0 aromatic heterocycles. The molecule has 0 saturated heterocycles. The van der Waals surface area contributed by atoms with E-state index in [1.807, 2.05) is 0 Å². The monoisotopic (exact) mass is 176 g/mol. The summed E-state index contributed by atoms with van der Waals surface area (Å²) < 4.78 is 0. The molecule has 1 heterocycles. The van der Waals surface area contributed by atoms with Crippen molar-refractivity contribution in [1.29, 1.82) is 0 Å². The Morgan fingerprint density at radius 3 is 2.69 bits per heavy atom. The summed E-state index contributed by atoms with van der Waals surface area (Å²) >= 11 is 0. The van der Waals surface area contributed by atoms with Gasteiger partial charge < -0.3 is 0 Å². The van der Waals surface area contributed by atoms with E-state index in [9.17, 15) is 4.79 Å². The van der Waals surface area contributed by atoms with Crippen LogP contribution in [-0.2, 0) is 4.79 Å². The normalized spacial score (nSPS) is 16.2. The Morgan fingerprint density at radius 2 is 2.08 bits per heavy atom. The third-order valence-corrected chi connectivity index (χ3v) is 1.82. The van der Waals surface area contributed by atoms with E-state index in [1.54, 1.807) is 18.2 Å². The number of ketones is 1. The number of carbonyl (C=O) groups is 1. The highest BCUT2D eigenvalue weighted by Crippen LogP contribution is 2.00. The van der Waals surface area contributed by atoms with Crippen LogP contribution in [0.3, 0.4) is 0 Å². The summed E-state index contributed by atoms with van der Waals surface area (Å²) in [7, 11) is 0. The lowest BCUT2D eigenvalue weighted by atomic mass is 10.1. The zero-order chi connectivity index (χ0) is 9.68. The Morgan fingerprint density at radius 1 is 1.38 bits per heavy atom. The third kappa shape index (κ3) is 2.82. The van der Waals surface area contributed by atoms with Gasteiger partial charge in [-0.25, -0.2) is 4.99 Å². The van der Waals surface area contributed by atoms with Crippen molar-refractivity contribution in [3.63, 3.8) is 0 Å². The molecule has 2 heteroatoms. The zero-order valence-electron chi connectivity index (χ0n) is 7.68. The molecule has 1 aliphatic heterocycles. The molecular weight excluding hydrogens is 162 g/mol. The van der Waals surface area contributed by atoms with E-state index in [0.717, 1.165) is 17.8 Å². The molecule has 1 N–H and O–H groups in total. The quantitative estimate of drug-likeness (QED) is 0.622. The van der Waals surface area contributed by atoms with E-state index >= 15 is 0 Å². The highest BCUT2D eigenvalue weighted by molar-refractivity contribution is 6.06. The maximum Gasteiger partial charge on any atom is 0.186 e.